The number of aryl methyl sites for hydroxylation is 1. The molecule has 5 nitrogen and oxygen atoms in total. The van der Waals surface area contributed by atoms with Gasteiger partial charge in [0.2, 0.25) is 5.89 Å². The first-order chi connectivity index (χ1) is 16.1. The number of carbonyl (C=O) groups is 1. The maximum atomic E-state index is 12.6. The Kier molecular flexibility index (Phi) is 5.71. The topological polar surface area (TPSA) is 64.4 Å². The summed E-state index contributed by atoms with van der Waals surface area (Å²) < 4.78 is 11.7. The van der Waals surface area contributed by atoms with Gasteiger partial charge in [0.25, 0.3) is 5.91 Å². The van der Waals surface area contributed by atoms with Gasteiger partial charge < -0.3 is 14.5 Å². The number of carbonyl (C=O) groups excluding carboxylic acids is 1. The number of nitrogens with one attached hydrogen (secondary N) is 1. The summed E-state index contributed by atoms with van der Waals surface area (Å²) in [6.07, 6.45) is 0.927. The number of oxazole rings is 1. The third kappa shape index (κ3) is 4.41. The van der Waals surface area contributed by atoms with E-state index in [9.17, 15) is 4.79 Å². The molecule has 0 fully saturated rings. The molecule has 0 saturated carbocycles. The van der Waals surface area contributed by atoms with E-state index in [4.69, 9.17) is 20.8 Å². The zero-order chi connectivity index (χ0) is 22.8. The van der Waals surface area contributed by atoms with Gasteiger partial charge in [0.05, 0.1) is 10.7 Å². The van der Waals surface area contributed by atoms with Crippen LogP contribution in [0.5, 0.6) is 5.75 Å². The van der Waals surface area contributed by atoms with E-state index in [0.717, 1.165) is 28.3 Å². The van der Waals surface area contributed by atoms with Crippen LogP contribution in [0.25, 0.3) is 33.3 Å². The van der Waals surface area contributed by atoms with Crippen molar-refractivity contribution in [3.05, 3.63) is 89.4 Å². The Labute approximate surface area is 196 Å². The van der Waals surface area contributed by atoms with E-state index >= 15 is 0 Å². The van der Waals surface area contributed by atoms with Crippen molar-refractivity contribution >= 4 is 45.1 Å². The van der Waals surface area contributed by atoms with Crippen LogP contribution in [0.4, 0.5) is 5.69 Å². The van der Waals surface area contributed by atoms with Crippen molar-refractivity contribution in [2.45, 2.75) is 13.3 Å². The molecule has 0 atom stereocenters. The van der Waals surface area contributed by atoms with Crippen LogP contribution >= 0.6 is 11.6 Å². The molecule has 1 heterocycles. The maximum absolute atomic E-state index is 12.6. The molecule has 1 aromatic heterocycles. The molecule has 4 aromatic carbocycles. The lowest BCUT2D eigenvalue weighted by Crippen LogP contribution is -2.20. The number of nitrogens with zero attached hydrogens (tertiary/aromatic N) is 1. The fourth-order valence-corrected chi connectivity index (χ4v) is 3.89. The van der Waals surface area contributed by atoms with E-state index in [1.807, 2.05) is 66.7 Å². The van der Waals surface area contributed by atoms with E-state index in [0.29, 0.717) is 27.9 Å². The van der Waals surface area contributed by atoms with Crippen molar-refractivity contribution in [1.82, 2.24) is 4.98 Å². The van der Waals surface area contributed by atoms with Crippen molar-refractivity contribution in [1.29, 1.82) is 0 Å². The summed E-state index contributed by atoms with van der Waals surface area (Å²) in [4.78, 5) is 17.2. The van der Waals surface area contributed by atoms with Crippen LogP contribution in [0.2, 0.25) is 5.02 Å². The van der Waals surface area contributed by atoms with Gasteiger partial charge in [-0.05, 0) is 53.8 Å². The minimum Gasteiger partial charge on any atom is -0.483 e. The number of anilines is 1. The molecule has 0 aliphatic heterocycles. The van der Waals surface area contributed by atoms with Crippen LogP contribution in [-0.4, -0.2) is 17.5 Å². The van der Waals surface area contributed by atoms with E-state index in [2.05, 4.69) is 17.2 Å². The fourth-order valence-electron chi connectivity index (χ4n) is 3.72. The third-order valence-corrected chi connectivity index (χ3v) is 5.79. The molecule has 0 aliphatic carbocycles. The zero-order valence-corrected chi connectivity index (χ0v) is 18.7. The summed E-state index contributed by atoms with van der Waals surface area (Å²) >= 11 is 6.33. The van der Waals surface area contributed by atoms with Crippen LogP contribution in [0.15, 0.2) is 83.3 Å². The number of amides is 1. The summed E-state index contributed by atoms with van der Waals surface area (Å²) in [7, 11) is 0. The van der Waals surface area contributed by atoms with Crippen LogP contribution in [0.1, 0.15) is 12.5 Å². The third-order valence-electron chi connectivity index (χ3n) is 5.46. The average molecular weight is 457 g/mol. The molecule has 5 aromatic rings. The summed E-state index contributed by atoms with van der Waals surface area (Å²) in [6.45, 7) is 1.96. The highest BCUT2D eigenvalue weighted by Crippen LogP contribution is 2.31. The van der Waals surface area contributed by atoms with E-state index in [1.165, 1.54) is 5.56 Å². The molecule has 5 rings (SSSR count). The first-order valence-corrected chi connectivity index (χ1v) is 11.1. The molecular formula is C27H21ClN2O3. The van der Waals surface area contributed by atoms with Crippen LogP contribution < -0.4 is 10.1 Å². The summed E-state index contributed by atoms with van der Waals surface area (Å²) in [5.41, 5.74) is 3.90. The highest BCUT2D eigenvalue weighted by atomic mass is 35.5. The SMILES string of the molecule is CCc1ccc2oc(-c3ccc(Cl)c(NC(=O)COc4cccc5ccccc45)c3)nc2c1. The van der Waals surface area contributed by atoms with Gasteiger partial charge in [-0.15, -0.1) is 0 Å². The Morgan fingerprint density at radius 2 is 1.88 bits per heavy atom. The van der Waals surface area contributed by atoms with Crippen molar-refractivity contribution in [3.63, 3.8) is 0 Å². The lowest BCUT2D eigenvalue weighted by Gasteiger charge is -2.11. The fraction of sp³-hybridized carbons (Fsp3) is 0.111. The second-order valence-electron chi connectivity index (χ2n) is 7.68. The Bertz CT molecular complexity index is 1470. The van der Waals surface area contributed by atoms with Gasteiger partial charge in [0.15, 0.2) is 12.2 Å². The Morgan fingerprint density at radius 3 is 2.76 bits per heavy atom. The van der Waals surface area contributed by atoms with Crippen LogP contribution in [0.3, 0.4) is 0 Å². The number of benzene rings is 4. The van der Waals surface area contributed by atoms with E-state index < -0.39 is 0 Å². The Hall–Kier alpha value is -3.83. The van der Waals surface area contributed by atoms with Crippen molar-refractivity contribution in [3.8, 4) is 17.2 Å². The number of fused-ring (bicyclic) bond motifs is 2. The Balaban J connectivity index is 1.33. The normalized spacial score (nSPS) is 11.1. The molecule has 0 bridgehead atoms. The standard InChI is InChI=1S/C27H21ClN2O3/c1-2-17-10-13-25-23(14-17)30-27(33-25)19-11-12-21(28)22(15-19)29-26(31)16-32-24-9-5-7-18-6-3-4-8-20(18)24/h3-15H,2,16H2,1H3,(H,29,31). The van der Waals surface area contributed by atoms with Gasteiger partial charge in [-0.2, -0.15) is 0 Å². The molecule has 0 spiro atoms. The summed E-state index contributed by atoms with van der Waals surface area (Å²) in [5, 5.41) is 5.25. The number of hydrogen-bond acceptors (Lipinski definition) is 4. The van der Waals surface area contributed by atoms with Crippen LogP contribution in [-0.2, 0) is 11.2 Å². The lowest BCUT2D eigenvalue weighted by molar-refractivity contribution is -0.118. The molecule has 6 heteroatoms. The second-order valence-corrected chi connectivity index (χ2v) is 8.09. The summed E-state index contributed by atoms with van der Waals surface area (Å²) in [6, 6.07) is 24.9. The lowest BCUT2D eigenvalue weighted by atomic mass is 10.1. The number of halogens is 1. The van der Waals surface area contributed by atoms with Crippen molar-refractivity contribution < 1.29 is 13.9 Å². The first kappa shape index (κ1) is 21.0. The largest absolute Gasteiger partial charge is 0.483 e. The van der Waals surface area contributed by atoms with Crippen molar-refractivity contribution in [2.75, 3.05) is 11.9 Å². The minimum absolute atomic E-state index is 0.142. The quantitative estimate of drug-likeness (QED) is 0.302. The smallest absolute Gasteiger partial charge is 0.262 e. The van der Waals surface area contributed by atoms with Crippen molar-refractivity contribution in [2.24, 2.45) is 0 Å². The maximum Gasteiger partial charge on any atom is 0.262 e. The first-order valence-electron chi connectivity index (χ1n) is 10.7. The van der Waals surface area contributed by atoms with Gasteiger partial charge in [-0.1, -0.05) is 61.0 Å². The molecule has 0 aliphatic rings. The second kappa shape index (κ2) is 8.96. The van der Waals surface area contributed by atoms with E-state index in [1.54, 1.807) is 12.1 Å². The molecule has 1 amide bonds. The van der Waals surface area contributed by atoms with Gasteiger partial charge in [-0.25, -0.2) is 4.98 Å². The highest BCUT2D eigenvalue weighted by molar-refractivity contribution is 6.33. The Morgan fingerprint density at radius 1 is 1.03 bits per heavy atom. The molecule has 33 heavy (non-hydrogen) atoms. The molecule has 0 unspecified atom stereocenters. The van der Waals surface area contributed by atoms with E-state index in [-0.39, 0.29) is 12.5 Å². The predicted octanol–water partition coefficient (Wildman–Crippen LogP) is 6.88. The van der Waals surface area contributed by atoms with Gasteiger partial charge in [0, 0.05) is 10.9 Å². The average Bonchev–Trinajstić information content (AvgIpc) is 3.27. The minimum atomic E-state index is -0.313. The number of rotatable bonds is 6. The van der Waals surface area contributed by atoms with Crippen LogP contribution in [0, 0.1) is 0 Å². The number of aromatic nitrogens is 1. The number of ether oxygens (including phenoxy) is 1. The number of hydrogen-bond donors (Lipinski definition) is 1. The van der Waals surface area contributed by atoms with Gasteiger partial charge in [0.1, 0.15) is 11.3 Å². The highest BCUT2D eigenvalue weighted by Gasteiger charge is 2.13. The molecular weight excluding hydrogens is 436 g/mol. The predicted molar refractivity (Wildman–Crippen MR) is 132 cm³/mol. The monoisotopic (exact) mass is 456 g/mol. The zero-order valence-electron chi connectivity index (χ0n) is 18.0. The molecule has 1 N–H and O–H groups in total. The molecule has 0 radical (unpaired) electrons. The van der Waals surface area contributed by atoms with Gasteiger partial charge in [-0.3, -0.25) is 4.79 Å². The summed E-state index contributed by atoms with van der Waals surface area (Å²) in [5.74, 6) is 0.811. The molecule has 0 saturated heterocycles. The molecule has 164 valence electrons. The van der Waals surface area contributed by atoms with Gasteiger partial charge >= 0.3 is 0 Å².